The number of aromatic nitrogens is 1. The van der Waals surface area contributed by atoms with Crippen LogP contribution in [0.15, 0.2) is 70.4 Å². The van der Waals surface area contributed by atoms with Crippen molar-refractivity contribution in [3.8, 4) is 11.3 Å². The van der Waals surface area contributed by atoms with Crippen LogP contribution < -0.4 is 10.6 Å². The highest BCUT2D eigenvalue weighted by atomic mass is 35.5. The zero-order valence-corrected chi connectivity index (χ0v) is 23.7. The molecule has 1 aliphatic heterocycles. The number of esters is 2. The second kappa shape index (κ2) is 12.0. The highest BCUT2D eigenvalue weighted by Crippen LogP contribution is 2.40. The summed E-state index contributed by atoms with van der Waals surface area (Å²) in [5.74, 6) is -1.64. The Balaban J connectivity index is 1.69. The van der Waals surface area contributed by atoms with Gasteiger partial charge in [-0.15, -0.1) is 11.3 Å². The van der Waals surface area contributed by atoms with Crippen molar-refractivity contribution < 1.29 is 19.1 Å². The van der Waals surface area contributed by atoms with Crippen molar-refractivity contribution in [2.75, 3.05) is 18.5 Å². The van der Waals surface area contributed by atoms with Gasteiger partial charge >= 0.3 is 11.9 Å². The molecule has 198 valence electrons. The molecule has 0 radical (unpaired) electrons. The molecule has 0 amide bonds. The number of nitrogens with zero attached hydrogens (tertiary/aromatic N) is 1. The first kappa shape index (κ1) is 27.7. The SMILES string of the molecule is CCOC(=O)C1=C(C)NC(C)=C(C(=O)OCC)C1c1cccc(Nc2nc(-c3ccc(Cl)c(Cl)c3)cs2)c1. The molecule has 1 aromatic heterocycles. The van der Waals surface area contributed by atoms with Crippen molar-refractivity contribution in [1.29, 1.82) is 0 Å². The van der Waals surface area contributed by atoms with E-state index in [0.717, 1.165) is 22.5 Å². The van der Waals surface area contributed by atoms with Crippen LogP contribution in [0, 0.1) is 0 Å². The molecule has 0 fully saturated rings. The molecule has 0 atom stereocenters. The largest absolute Gasteiger partial charge is 0.463 e. The Morgan fingerprint density at radius 3 is 2.24 bits per heavy atom. The number of benzene rings is 2. The molecule has 0 spiro atoms. The second-order valence-corrected chi connectivity index (χ2v) is 10.2. The number of allylic oxidation sites excluding steroid dienone is 2. The summed E-state index contributed by atoms with van der Waals surface area (Å²) >= 11 is 13.7. The van der Waals surface area contributed by atoms with Gasteiger partial charge in [0.1, 0.15) is 0 Å². The van der Waals surface area contributed by atoms with Crippen LogP contribution in [0.3, 0.4) is 0 Å². The molecule has 4 rings (SSSR count). The molecule has 0 saturated carbocycles. The fourth-order valence-electron chi connectivity index (χ4n) is 4.32. The van der Waals surface area contributed by atoms with E-state index in [1.165, 1.54) is 11.3 Å². The number of carbonyl (C=O) groups excluding carboxylic acids is 2. The fourth-order valence-corrected chi connectivity index (χ4v) is 5.36. The number of hydrogen-bond donors (Lipinski definition) is 2. The number of ether oxygens (including phenoxy) is 2. The summed E-state index contributed by atoms with van der Waals surface area (Å²) in [5, 5.41) is 10.0. The zero-order valence-electron chi connectivity index (χ0n) is 21.4. The number of rotatable bonds is 8. The van der Waals surface area contributed by atoms with Crippen molar-refractivity contribution in [2.24, 2.45) is 0 Å². The third kappa shape index (κ3) is 5.88. The van der Waals surface area contributed by atoms with Gasteiger partial charge in [-0.2, -0.15) is 0 Å². The van der Waals surface area contributed by atoms with Crippen molar-refractivity contribution in [3.63, 3.8) is 0 Å². The molecule has 0 bridgehead atoms. The minimum atomic E-state index is -0.667. The van der Waals surface area contributed by atoms with Crippen molar-refractivity contribution in [1.82, 2.24) is 10.3 Å². The van der Waals surface area contributed by atoms with Crippen molar-refractivity contribution in [2.45, 2.75) is 33.6 Å². The minimum absolute atomic E-state index is 0.215. The van der Waals surface area contributed by atoms with Gasteiger partial charge in [0.2, 0.25) is 0 Å². The van der Waals surface area contributed by atoms with Gasteiger partial charge in [-0.25, -0.2) is 14.6 Å². The van der Waals surface area contributed by atoms with E-state index >= 15 is 0 Å². The average Bonchev–Trinajstić information content (AvgIpc) is 3.34. The van der Waals surface area contributed by atoms with Crippen molar-refractivity contribution >= 4 is 57.3 Å². The van der Waals surface area contributed by atoms with Crippen LogP contribution in [-0.2, 0) is 19.1 Å². The Morgan fingerprint density at radius 2 is 1.63 bits per heavy atom. The summed E-state index contributed by atoms with van der Waals surface area (Å²) in [5.41, 5.74) is 5.10. The first-order valence-corrected chi connectivity index (χ1v) is 13.7. The molecule has 10 heteroatoms. The quantitative estimate of drug-likeness (QED) is 0.276. The van der Waals surface area contributed by atoms with Gasteiger partial charge < -0.3 is 20.1 Å². The standard InChI is InChI=1S/C28H27Cl2N3O4S/c1-5-36-26(34)23-15(3)31-16(4)24(27(35)37-6-2)25(23)18-8-7-9-19(12-18)32-28-33-22(14-38-28)17-10-11-20(29)21(30)13-17/h7-14,25,31H,5-6H2,1-4H3,(H,32,33). The van der Waals surface area contributed by atoms with Crippen LogP contribution in [0.5, 0.6) is 0 Å². The van der Waals surface area contributed by atoms with E-state index in [0.29, 0.717) is 37.7 Å². The monoisotopic (exact) mass is 571 g/mol. The summed E-state index contributed by atoms with van der Waals surface area (Å²) in [6.45, 7) is 7.52. The topological polar surface area (TPSA) is 89.5 Å². The lowest BCUT2D eigenvalue weighted by molar-refractivity contribution is -0.139. The van der Waals surface area contributed by atoms with Crippen LogP contribution in [-0.4, -0.2) is 30.1 Å². The molecule has 0 aliphatic carbocycles. The molecule has 38 heavy (non-hydrogen) atoms. The molecule has 0 unspecified atom stereocenters. The summed E-state index contributed by atoms with van der Waals surface area (Å²) < 4.78 is 10.7. The Morgan fingerprint density at radius 1 is 0.974 bits per heavy atom. The lowest BCUT2D eigenvalue weighted by atomic mass is 9.80. The molecule has 2 heterocycles. The Labute approximate surface area is 235 Å². The van der Waals surface area contributed by atoms with Crippen LogP contribution in [0.1, 0.15) is 39.2 Å². The van der Waals surface area contributed by atoms with E-state index < -0.39 is 17.9 Å². The molecule has 2 aromatic carbocycles. The minimum Gasteiger partial charge on any atom is -0.463 e. The van der Waals surface area contributed by atoms with Gasteiger partial charge in [0, 0.05) is 28.0 Å². The van der Waals surface area contributed by atoms with Crippen LogP contribution >= 0.6 is 34.5 Å². The summed E-state index contributed by atoms with van der Waals surface area (Å²) in [6, 6.07) is 12.9. The number of anilines is 2. The maximum atomic E-state index is 13.0. The number of thiazole rings is 1. The molecular weight excluding hydrogens is 545 g/mol. The Bertz CT molecular complexity index is 1410. The molecule has 1 aliphatic rings. The van der Waals surface area contributed by atoms with Gasteiger partial charge in [0.05, 0.1) is 46.0 Å². The Hall–Kier alpha value is -3.33. The van der Waals surface area contributed by atoms with Gasteiger partial charge in [0.15, 0.2) is 5.13 Å². The first-order chi connectivity index (χ1) is 18.2. The first-order valence-electron chi connectivity index (χ1n) is 12.0. The van der Waals surface area contributed by atoms with Gasteiger partial charge in [-0.05, 0) is 57.5 Å². The predicted molar refractivity (Wildman–Crippen MR) is 152 cm³/mol. The van der Waals surface area contributed by atoms with E-state index in [9.17, 15) is 9.59 Å². The summed E-state index contributed by atoms with van der Waals surface area (Å²) in [7, 11) is 0. The molecule has 3 aromatic rings. The predicted octanol–water partition coefficient (Wildman–Crippen LogP) is 7.22. The molecule has 7 nitrogen and oxygen atoms in total. The lowest BCUT2D eigenvalue weighted by Crippen LogP contribution is -2.32. The van der Waals surface area contributed by atoms with E-state index in [1.807, 2.05) is 35.7 Å². The maximum absolute atomic E-state index is 13.0. The highest BCUT2D eigenvalue weighted by Gasteiger charge is 2.38. The average molecular weight is 573 g/mol. The molecule has 0 saturated heterocycles. The number of dihydropyridines is 1. The second-order valence-electron chi connectivity index (χ2n) is 8.49. The summed E-state index contributed by atoms with van der Waals surface area (Å²) in [4.78, 5) is 30.8. The lowest BCUT2D eigenvalue weighted by Gasteiger charge is -2.30. The Kier molecular flexibility index (Phi) is 8.76. The van der Waals surface area contributed by atoms with Gasteiger partial charge in [-0.3, -0.25) is 0 Å². The number of hydrogen-bond acceptors (Lipinski definition) is 8. The maximum Gasteiger partial charge on any atom is 0.336 e. The van der Waals surface area contributed by atoms with E-state index in [2.05, 4.69) is 15.6 Å². The zero-order chi connectivity index (χ0) is 27.4. The fraction of sp³-hybridized carbons (Fsp3) is 0.250. The third-order valence-corrected chi connectivity index (χ3v) is 7.44. The van der Waals surface area contributed by atoms with Crippen molar-refractivity contribution in [3.05, 3.63) is 86.0 Å². The molecule has 2 N–H and O–H groups in total. The molecular formula is C28H27Cl2N3O4S. The van der Waals surface area contributed by atoms with E-state index in [4.69, 9.17) is 32.7 Å². The number of carbonyl (C=O) groups is 2. The van der Waals surface area contributed by atoms with E-state index in [1.54, 1.807) is 39.8 Å². The number of nitrogens with one attached hydrogen (secondary N) is 2. The third-order valence-electron chi connectivity index (χ3n) is 5.94. The highest BCUT2D eigenvalue weighted by molar-refractivity contribution is 7.14. The van der Waals surface area contributed by atoms with Gasteiger partial charge in [0.25, 0.3) is 0 Å². The van der Waals surface area contributed by atoms with Gasteiger partial charge in [-0.1, -0.05) is 41.4 Å². The van der Waals surface area contributed by atoms with Crippen LogP contribution in [0.25, 0.3) is 11.3 Å². The normalized spacial score (nSPS) is 13.8. The van der Waals surface area contributed by atoms with Crippen LogP contribution in [0.4, 0.5) is 10.8 Å². The smallest absolute Gasteiger partial charge is 0.336 e. The van der Waals surface area contributed by atoms with Crippen LogP contribution in [0.2, 0.25) is 10.0 Å². The number of halogens is 2. The summed E-state index contributed by atoms with van der Waals surface area (Å²) in [6.07, 6.45) is 0. The van der Waals surface area contributed by atoms with E-state index in [-0.39, 0.29) is 13.2 Å².